The molecule has 0 saturated carbocycles. The summed E-state index contributed by atoms with van der Waals surface area (Å²) >= 11 is 0. The molecule has 23 heavy (non-hydrogen) atoms. The minimum Gasteiger partial charge on any atom is -0.397 e. The molecule has 1 heterocycles. The second kappa shape index (κ2) is 5.75. The van der Waals surface area contributed by atoms with Gasteiger partial charge >= 0.3 is 0 Å². The van der Waals surface area contributed by atoms with Crippen LogP contribution < -0.4 is 10.9 Å². The van der Waals surface area contributed by atoms with Gasteiger partial charge in [-0.25, -0.2) is 13.6 Å². The fourth-order valence-corrected chi connectivity index (χ4v) is 2.60. The summed E-state index contributed by atoms with van der Waals surface area (Å²) in [5.41, 5.74) is 8.24. The van der Waals surface area contributed by atoms with Crippen molar-refractivity contribution in [1.29, 1.82) is 0 Å². The SMILES string of the molecule is Nc1ccc(N=Nc2ccc(S(N)(=O)=O)cc2)c2cccnc12. The summed E-state index contributed by atoms with van der Waals surface area (Å²) in [6.07, 6.45) is 1.66. The lowest BCUT2D eigenvalue weighted by Gasteiger charge is -2.03. The number of anilines is 1. The fraction of sp³-hybridized carbons (Fsp3) is 0. The number of benzene rings is 2. The van der Waals surface area contributed by atoms with Crippen LogP contribution in [0.4, 0.5) is 17.1 Å². The number of sulfonamides is 1. The van der Waals surface area contributed by atoms with E-state index in [0.29, 0.717) is 22.6 Å². The molecule has 0 spiro atoms. The molecule has 0 amide bonds. The minimum absolute atomic E-state index is 0.0265. The van der Waals surface area contributed by atoms with Gasteiger partial charge in [-0.05, 0) is 48.5 Å². The molecule has 0 aliphatic carbocycles. The number of aromatic nitrogens is 1. The van der Waals surface area contributed by atoms with E-state index in [4.69, 9.17) is 10.9 Å². The minimum atomic E-state index is -3.71. The van der Waals surface area contributed by atoms with Gasteiger partial charge in [0.05, 0.1) is 27.5 Å². The number of nitrogen functional groups attached to an aromatic ring is 1. The third-order valence-electron chi connectivity index (χ3n) is 3.22. The topological polar surface area (TPSA) is 124 Å². The monoisotopic (exact) mass is 327 g/mol. The second-order valence-corrected chi connectivity index (χ2v) is 6.37. The van der Waals surface area contributed by atoms with E-state index in [0.717, 1.165) is 5.39 Å². The lowest BCUT2D eigenvalue weighted by Crippen LogP contribution is -2.11. The molecule has 4 N–H and O–H groups in total. The van der Waals surface area contributed by atoms with Crippen molar-refractivity contribution in [1.82, 2.24) is 4.98 Å². The quantitative estimate of drug-likeness (QED) is 0.567. The van der Waals surface area contributed by atoms with Crippen LogP contribution >= 0.6 is 0 Å². The molecule has 0 radical (unpaired) electrons. The van der Waals surface area contributed by atoms with Crippen LogP contribution in [-0.2, 0) is 10.0 Å². The molecule has 3 rings (SSSR count). The molecular weight excluding hydrogens is 314 g/mol. The van der Waals surface area contributed by atoms with Crippen molar-refractivity contribution in [2.75, 3.05) is 5.73 Å². The molecule has 0 saturated heterocycles. The Labute approximate surface area is 132 Å². The Morgan fingerprint density at radius 3 is 2.39 bits per heavy atom. The molecule has 0 fully saturated rings. The number of hydrogen-bond donors (Lipinski definition) is 2. The standard InChI is InChI=1S/C15H13N5O2S/c16-13-7-8-14(12-2-1-9-18-15(12)13)20-19-10-3-5-11(6-4-10)23(17,21)22/h1-9H,16H2,(H2,17,21,22). The van der Waals surface area contributed by atoms with E-state index >= 15 is 0 Å². The van der Waals surface area contributed by atoms with E-state index in [2.05, 4.69) is 15.2 Å². The summed E-state index contributed by atoms with van der Waals surface area (Å²) in [6, 6.07) is 12.9. The number of nitrogens with two attached hydrogens (primary N) is 2. The highest BCUT2D eigenvalue weighted by Crippen LogP contribution is 2.30. The first kappa shape index (κ1) is 15.1. The Balaban J connectivity index is 1.96. The molecule has 116 valence electrons. The van der Waals surface area contributed by atoms with Crippen LogP contribution in [0, 0.1) is 0 Å². The lowest BCUT2D eigenvalue weighted by molar-refractivity contribution is 0.598. The normalized spacial score (nSPS) is 12.0. The van der Waals surface area contributed by atoms with E-state index in [1.54, 1.807) is 24.4 Å². The molecule has 1 aromatic heterocycles. The van der Waals surface area contributed by atoms with Gasteiger partial charge in [0, 0.05) is 11.6 Å². The van der Waals surface area contributed by atoms with Gasteiger partial charge in [0.2, 0.25) is 10.0 Å². The zero-order chi connectivity index (χ0) is 16.4. The average Bonchev–Trinajstić information content (AvgIpc) is 2.54. The highest BCUT2D eigenvalue weighted by molar-refractivity contribution is 7.89. The second-order valence-electron chi connectivity index (χ2n) is 4.81. The maximum absolute atomic E-state index is 11.2. The largest absolute Gasteiger partial charge is 0.397 e. The molecule has 0 aliphatic rings. The van der Waals surface area contributed by atoms with Gasteiger partial charge in [-0.1, -0.05) is 0 Å². The number of rotatable bonds is 3. The Morgan fingerprint density at radius 2 is 1.70 bits per heavy atom. The predicted molar refractivity (Wildman–Crippen MR) is 88.1 cm³/mol. The summed E-state index contributed by atoms with van der Waals surface area (Å²) in [5.74, 6) is 0. The maximum atomic E-state index is 11.2. The number of azo groups is 1. The molecule has 0 aliphatic heterocycles. The van der Waals surface area contributed by atoms with E-state index in [9.17, 15) is 8.42 Å². The Kier molecular flexibility index (Phi) is 3.77. The van der Waals surface area contributed by atoms with Crippen molar-refractivity contribution in [2.45, 2.75) is 4.90 Å². The number of nitrogens with zero attached hydrogens (tertiary/aromatic N) is 3. The lowest BCUT2D eigenvalue weighted by atomic mass is 10.1. The molecule has 2 aromatic carbocycles. The Morgan fingerprint density at radius 1 is 0.957 bits per heavy atom. The molecule has 8 heteroatoms. The van der Waals surface area contributed by atoms with Gasteiger partial charge in [0.15, 0.2) is 0 Å². The molecule has 0 atom stereocenters. The van der Waals surface area contributed by atoms with Crippen LogP contribution in [0.2, 0.25) is 0 Å². The van der Waals surface area contributed by atoms with Gasteiger partial charge in [-0.15, -0.1) is 5.11 Å². The van der Waals surface area contributed by atoms with Crippen molar-refractivity contribution in [3.05, 3.63) is 54.7 Å². The van der Waals surface area contributed by atoms with Crippen LogP contribution in [0.25, 0.3) is 10.9 Å². The van der Waals surface area contributed by atoms with Crippen LogP contribution in [0.5, 0.6) is 0 Å². The number of fused-ring (bicyclic) bond motifs is 1. The summed E-state index contributed by atoms with van der Waals surface area (Å²) in [4.78, 5) is 4.25. The predicted octanol–water partition coefficient (Wildman–Crippen LogP) is 2.88. The van der Waals surface area contributed by atoms with Crippen molar-refractivity contribution < 1.29 is 8.42 Å². The van der Waals surface area contributed by atoms with E-state index < -0.39 is 10.0 Å². The van der Waals surface area contributed by atoms with Gasteiger partial charge in [-0.2, -0.15) is 5.11 Å². The molecule has 3 aromatic rings. The zero-order valence-corrected chi connectivity index (χ0v) is 12.7. The molecule has 0 unspecified atom stereocenters. The van der Waals surface area contributed by atoms with Gasteiger partial charge in [-0.3, -0.25) is 4.98 Å². The first-order valence-corrected chi connectivity index (χ1v) is 8.17. The Hall–Kier alpha value is -2.84. The third-order valence-corrected chi connectivity index (χ3v) is 4.15. The number of hydrogen-bond acceptors (Lipinski definition) is 6. The van der Waals surface area contributed by atoms with Crippen LogP contribution in [0.15, 0.2) is 69.9 Å². The van der Waals surface area contributed by atoms with Crippen LogP contribution in [0.1, 0.15) is 0 Å². The summed E-state index contributed by atoms with van der Waals surface area (Å²) < 4.78 is 22.4. The molecular formula is C15H13N5O2S. The molecule has 7 nitrogen and oxygen atoms in total. The zero-order valence-electron chi connectivity index (χ0n) is 11.9. The van der Waals surface area contributed by atoms with Gasteiger partial charge < -0.3 is 5.73 Å². The van der Waals surface area contributed by atoms with Crippen LogP contribution in [0.3, 0.4) is 0 Å². The van der Waals surface area contributed by atoms with Crippen molar-refractivity contribution in [2.24, 2.45) is 15.4 Å². The number of primary sulfonamides is 1. The van der Waals surface area contributed by atoms with Crippen molar-refractivity contribution >= 4 is 38.0 Å². The fourth-order valence-electron chi connectivity index (χ4n) is 2.08. The highest BCUT2D eigenvalue weighted by Gasteiger charge is 2.07. The molecule has 0 bridgehead atoms. The smallest absolute Gasteiger partial charge is 0.238 e. The summed E-state index contributed by atoms with van der Waals surface area (Å²) in [5, 5.41) is 14.1. The summed E-state index contributed by atoms with van der Waals surface area (Å²) in [6.45, 7) is 0. The number of pyridine rings is 1. The van der Waals surface area contributed by atoms with Gasteiger partial charge in [0.25, 0.3) is 0 Å². The van der Waals surface area contributed by atoms with Crippen molar-refractivity contribution in [3.8, 4) is 0 Å². The average molecular weight is 327 g/mol. The third kappa shape index (κ3) is 3.17. The van der Waals surface area contributed by atoms with Crippen molar-refractivity contribution in [3.63, 3.8) is 0 Å². The highest BCUT2D eigenvalue weighted by atomic mass is 32.2. The first-order valence-electron chi connectivity index (χ1n) is 6.63. The van der Waals surface area contributed by atoms with E-state index in [1.165, 1.54) is 24.3 Å². The first-order chi connectivity index (χ1) is 10.9. The maximum Gasteiger partial charge on any atom is 0.238 e. The van der Waals surface area contributed by atoms with E-state index in [-0.39, 0.29) is 4.90 Å². The van der Waals surface area contributed by atoms with Gasteiger partial charge in [0.1, 0.15) is 0 Å². The Bertz CT molecular complexity index is 998. The van der Waals surface area contributed by atoms with E-state index in [1.807, 2.05) is 6.07 Å². The summed E-state index contributed by atoms with van der Waals surface area (Å²) in [7, 11) is -3.71. The van der Waals surface area contributed by atoms with Crippen LogP contribution in [-0.4, -0.2) is 13.4 Å².